The summed E-state index contributed by atoms with van der Waals surface area (Å²) >= 11 is 0. The van der Waals surface area contributed by atoms with E-state index in [-0.39, 0.29) is 29.9 Å². The van der Waals surface area contributed by atoms with E-state index in [2.05, 4.69) is 6.58 Å². The van der Waals surface area contributed by atoms with Gasteiger partial charge in [0.05, 0.1) is 10.5 Å². The summed E-state index contributed by atoms with van der Waals surface area (Å²) in [5.41, 5.74) is 1.06. The molecule has 136 valence electrons. The normalized spacial score (nSPS) is 20.0. The second kappa shape index (κ2) is 6.61. The molecule has 0 radical (unpaired) electrons. The van der Waals surface area contributed by atoms with Gasteiger partial charge in [-0.1, -0.05) is 31.7 Å². The van der Waals surface area contributed by atoms with E-state index in [1.807, 2.05) is 0 Å². The molecule has 0 amide bonds. The van der Waals surface area contributed by atoms with E-state index in [9.17, 15) is 18.3 Å². The number of benzene rings is 2. The summed E-state index contributed by atoms with van der Waals surface area (Å²) in [6.45, 7) is 5.95. The fourth-order valence-corrected chi connectivity index (χ4v) is 5.64. The summed E-state index contributed by atoms with van der Waals surface area (Å²) < 4.78 is 31.7. The third-order valence-electron chi connectivity index (χ3n) is 4.82. The predicted molar refractivity (Wildman–Crippen MR) is 98.3 cm³/mol. The summed E-state index contributed by atoms with van der Waals surface area (Å²) in [4.78, 5) is 11.6. The molecule has 1 unspecified atom stereocenters. The maximum Gasteiger partial charge on any atom is 0.335 e. The summed E-state index contributed by atoms with van der Waals surface area (Å²) in [6, 6.07) is 12.6. The highest BCUT2D eigenvalue weighted by molar-refractivity contribution is 7.92. The molecule has 0 aliphatic carbocycles. The van der Waals surface area contributed by atoms with Crippen molar-refractivity contribution >= 4 is 15.8 Å². The third-order valence-corrected chi connectivity index (χ3v) is 7.40. The average Bonchev–Trinajstić information content (AvgIpc) is 2.79. The molecule has 2 aromatic rings. The number of carboxylic acid groups (broad SMARTS) is 1. The number of rotatable bonds is 4. The second-order valence-electron chi connectivity index (χ2n) is 6.40. The first kappa shape index (κ1) is 18.2. The van der Waals surface area contributed by atoms with E-state index in [1.54, 1.807) is 37.3 Å². The number of sulfone groups is 1. The van der Waals surface area contributed by atoms with Gasteiger partial charge in [0, 0.05) is 5.56 Å². The Morgan fingerprint density at radius 1 is 1.23 bits per heavy atom. The van der Waals surface area contributed by atoms with Gasteiger partial charge in [-0.3, -0.25) is 0 Å². The maximum atomic E-state index is 13.6. The molecule has 1 aliphatic rings. The van der Waals surface area contributed by atoms with E-state index in [4.69, 9.17) is 4.74 Å². The lowest BCUT2D eigenvalue weighted by molar-refractivity contribution is 0.0696. The molecule has 0 aromatic heterocycles. The molecule has 0 spiro atoms. The Kier molecular flexibility index (Phi) is 4.63. The van der Waals surface area contributed by atoms with Crippen molar-refractivity contribution in [3.05, 3.63) is 71.8 Å². The standard InChI is InChI=1S/C20H20O5S/c1-3-20(26(23,24)16-7-5-4-6-8-16)12-14(2)13-25-18-10-9-15(19(21)22)11-17(18)20/h4-11H,2-3,12-13H2,1H3,(H,21,22). The van der Waals surface area contributed by atoms with Crippen molar-refractivity contribution in [3.63, 3.8) is 0 Å². The molecule has 3 rings (SSSR count). The molecule has 6 heteroatoms. The smallest absolute Gasteiger partial charge is 0.335 e. The van der Waals surface area contributed by atoms with Crippen LogP contribution in [0.5, 0.6) is 5.75 Å². The van der Waals surface area contributed by atoms with Crippen LogP contribution in [0.4, 0.5) is 0 Å². The van der Waals surface area contributed by atoms with Gasteiger partial charge in [0.2, 0.25) is 0 Å². The van der Waals surface area contributed by atoms with Crippen LogP contribution in [0.2, 0.25) is 0 Å². The SMILES string of the molecule is C=C1COc2ccc(C(=O)O)cc2C(CC)(S(=O)(=O)c2ccccc2)C1. The number of carboxylic acids is 1. The Bertz CT molecular complexity index is 963. The van der Waals surface area contributed by atoms with Crippen LogP contribution in [-0.4, -0.2) is 26.1 Å². The van der Waals surface area contributed by atoms with Crippen molar-refractivity contribution in [2.45, 2.75) is 29.4 Å². The van der Waals surface area contributed by atoms with Gasteiger partial charge in [-0.25, -0.2) is 13.2 Å². The largest absolute Gasteiger partial charge is 0.489 e. The van der Waals surface area contributed by atoms with E-state index in [0.717, 1.165) is 0 Å². The molecule has 0 saturated carbocycles. The molecule has 1 N–H and O–H groups in total. The minimum Gasteiger partial charge on any atom is -0.489 e. The van der Waals surface area contributed by atoms with Crippen LogP contribution >= 0.6 is 0 Å². The number of carbonyl (C=O) groups is 1. The summed E-state index contributed by atoms with van der Waals surface area (Å²) in [6.07, 6.45) is 0.444. The Labute approximate surface area is 152 Å². The van der Waals surface area contributed by atoms with Crippen LogP contribution in [-0.2, 0) is 14.6 Å². The summed E-state index contributed by atoms with van der Waals surface area (Å²) in [5, 5.41) is 9.36. The first-order chi connectivity index (χ1) is 12.3. The van der Waals surface area contributed by atoms with E-state index >= 15 is 0 Å². The van der Waals surface area contributed by atoms with Gasteiger partial charge >= 0.3 is 5.97 Å². The highest BCUT2D eigenvalue weighted by Gasteiger charge is 2.48. The van der Waals surface area contributed by atoms with Crippen molar-refractivity contribution in [1.82, 2.24) is 0 Å². The van der Waals surface area contributed by atoms with Crippen LogP contribution in [0.25, 0.3) is 0 Å². The molecule has 1 atom stereocenters. The topological polar surface area (TPSA) is 80.7 Å². The third kappa shape index (κ3) is 2.80. The van der Waals surface area contributed by atoms with Gasteiger partial charge in [-0.2, -0.15) is 0 Å². The molecule has 2 aromatic carbocycles. The number of ether oxygens (including phenoxy) is 1. The van der Waals surface area contributed by atoms with Gasteiger partial charge in [-0.05, 0) is 48.7 Å². The van der Waals surface area contributed by atoms with Gasteiger partial charge in [0.15, 0.2) is 9.84 Å². The summed E-state index contributed by atoms with van der Waals surface area (Å²) in [5.74, 6) is -0.729. The van der Waals surface area contributed by atoms with Crippen LogP contribution in [0.3, 0.4) is 0 Å². The van der Waals surface area contributed by atoms with Crippen molar-refractivity contribution < 1.29 is 23.1 Å². The highest BCUT2D eigenvalue weighted by atomic mass is 32.2. The monoisotopic (exact) mass is 372 g/mol. The number of aromatic carboxylic acids is 1. The Balaban J connectivity index is 2.33. The van der Waals surface area contributed by atoms with E-state index in [0.29, 0.717) is 16.9 Å². The Morgan fingerprint density at radius 2 is 1.92 bits per heavy atom. The fourth-order valence-electron chi connectivity index (χ4n) is 3.45. The number of hydrogen-bond acceptors (Lipinski definition) is 4. The zero-order valence-electron chi connectivity index (χ0n) is 14.4. The number of fused-ring (bicyclic) bond motifs is 1. The lowest BCUT2D eigenvalue weighted by Crippen LogP contribution is -2.35. The second-order valence-corrected chi connectivity index (χ2v) is 8.66. The number of hydrogen-bond donors (Lipinski definition) is 1. The molecule has 0 bridgehead atoms. The van der Waals surface area contributed by atoms with Crippen LogP contribution in [0, 0.1) is 0 Å². The van der Waals surface area contributed by atoms with Crippen LogP contribution in [0.15, 0.2) is 65.6 Å². The molecular formula is C20H20O5S. The van der Waals surface area contributed by atoms with Gasteiger partial charge in [-0.15, -0.1) is 0 Å². The minimum absolute atomic E-state index is 0.0287. The van der Waals surface area contributed by atoms with Crippen molar-refractivity contribution in [2.75, 3.05) is 6.61 Å². The zero-order valence-corrected chi connectivity index (χ0v) is 15.3. The molecule has 0 fully saturated rings. The quantitative estimate of drug-likeness (QED) is 0.826. The van der Waals surface area contributed by atoms with Crippen LogP contribution in [0.1, 0.15) is 35.7 Å². The van der Waals surface area contributed by atoms with Gasteiger partial charge in [0.1, 0.15) is 17.1 Å². The molecule has 0 saturated heterocycles. The lowest BCUT2D eigenvalue weighted by Gasteiger charge is -2.32. The van der Waals surface area contributed by atoms with Gasteiger partial charge < -0.3 is 9.84 Å². The van der Waals surface area contributed by atoms with Crippen molar-refractivity contribution in [1.29, 1.82) is 0 Å². The zero-order chi connectivity index (χ0) is 18.9. The Hall–Kier alpha value is -2.60. The predicted octanol–water partition coefficient (Wildman–Crippen LogP) is 3.80. The molecule has 26 heavy (non-hydrogen) atoms. The van der Waals surface area contributed by atoms with Gasteiger partial charge in [0.25, 0.3) is 0 Å². The van der Waals surface area contributed by atoms with Crippen molar-refractivity contribution in [3.8, 4) is 5.75 Å². The van der Waals surface area contributed by atoms with E-state index in [1.165, 1.54) is 18.2 Å². The summed E-state index contributed by atoms with van der Waals surface area (Å²) in [7, 11) is -3.82. The highest BCUT2D eigenvalue weighted by Crippen LogP contribution is 2.48. The average molecular weight is 372 g/mol. The molecule has 1 aliphatic heterocycles. The molecular weight excluding hydrogens is 352 g/mol. The minimum atomic E-state index is -3.82. The maximum absolute atomic E-state index is 13.6. The lowest BCUT2D eigenvalue weighted by atomic mass is 9.88. The molecule has 5 nitrogen and oxygen atoms in total. The fraction of sp³-hybridized carbons (Fsp3) is 0.250. The first-order valence-corrected chi connectivity index (χ1v) is 9.77. The van der Waals surface area contributed by atoms with E-state index < -0.39 is 20.6 Å². The Morgan fingerprint density at radius 3 is 2.54 bits per heavy atom. The van der Waals surface area contributed by atoms with Crippen molar-refractivity contribution in [2.24, 2.45) is 0 Å². The first-order valence-electron chi connectivity index (χ1n) is 8.29. The van der Waals surface area contributed by atoms with Crippen LogP contribution < -0.4 is 4.74 Å². The molecule has 1 heterocycles.